The molecule has 0 bridgehead atoms. The van der Waals surface area contributed by atoms with Crippen LogP contribution in [-0.4, -0.2) is 4.98 Å². The van der Waals surface area contributed by atoms with Crippen LogP contribution in [0.2, 0.25) is 0 Å². The van der Waals surface area contributed by atoms with Gasteiger partial charge in [0.25, 0.3) is 0 Å². The van der Waals surface area contributed by atoms with Gasteiger partial charge in [-0.25, -0.2) is 4.98 Å². The second-order valence-corrected chi connectivity index (χ2v) is 15.5. The van der Waals surface area contributed by atoms with Crippen molar-refractivity contribution >= 4 is 72.6 Å². The lowest BCUT2D eigenvalue weighted by atomic mass is 9.94. The minimum atomic E-state index is -3.23. The molecule has 1 heterocycles. The molecule has 1 aromatic heterocycles. The zero-order valence-electron chi connectivity index (χ0n) is 27.8. The first-order valence-corrected chi connectivity index (χ1v) is 18.9. The molecule has 0 radical (unpaired) electrons. The van der Waals surface area contributed by atoms with Crippen molar-refractivity contribution in [2.75, 3.05) is 4.90 Å². The van der Waals surface area contributed by atoms with Crippen LogP contribution in [0.25, 0.3) is 43.7 Å². The van der Waals surface area contributed by atoms with Crippen molar-refractivity contribution in [1.29, 1.82) is 0 Å². The Kier molecular flexibility index (Phi) is 7.76. The van der Waals surface area contributed by atoms with Crippen molar-refractivity contribution in [1.82, 2.24) is 4.98 Å². The highest BCUT2D eigenvalue weighted by atomic mass is 31.2. The van der Waals surface area contributed by atoms with Gasteiger partial charge in [-0.15, -0.1) is 0 Å². The number of pyridine rings is 1. The summed E-state index contributed by atoms with van der Waals surface area (Å²) >= 11 is 0. The molecule has 0 saturated carbocycles. The van der Waals surface area contributed by atoms with E-state index in [4.69, 9.17) is 4.98 Å². The third-order valence-corrected chi connectivity index (χ3v) is 12.7. The summed E-state index contributed by atoms with van der Waals surface area (Å²) in [6, 6.07) is 68.4. The van der Waals surface area contributed by atoms with Crippen LogP contribution in [0.4, 0.5) is 17.1 Å². The monoisotopic (exact) mass is 672 g/mol. The number of para-hydroxylation sites is 2. The van der Waals surface area contributed by atoms with Gasteiger partial charge in [-0.05, 0) is 65.4 Å². The van der Waals surface area contributed by atoms with E-state index in [0.717, 1.165) is 76.7 Å². The van der Waals surface area contributed by atoms with E-state index in [9.17, 15) is 0 Å². The summed E-state index contributed by atoms with van der Waals surface area (Å²) in [7, 11) is -3.23. The molecule has 0 unspecified atom stereocenters. The van der Waals surface area contributed by atoms with E-state index in [1.165, 1.54) is 0 Å². The number of benzene rings is 8. The predicted molar refractivity (Wildman–Crippen MR) is 216 cm³/mol. The Hall–Kier alpha value is -6.28. The third kappa shape index (κ3) is 5.40. The van der Waals surface area contributed by atoms with Gasteiger partial charge in [0.15, 0.2) is 7.14 Å². The number of anilines is 3. The first kappa shape index (κ1) is 30.8. The number of hydrogen-bond donors (Lipinski definition) is 0. The van der Waals surface area contributed by atoms with Gasteiger partial charge in [-0.1, -0.05) is 146 Å². The maximum atomic E-state index is 15.6. The first-order valence-electron chi connectivity index (χ1n) is 17.2. The first-order chi connectivity index (χ1) is 25.2. The molecule has 0 spiro atoms. The fourth-order valence-corrected chi connectivity index (χ4v) is 9.95. The standard InChI is InChI=1S/C47H33N2OP/c50-51(39-22-12-4-13-23-39,40-24-14-5-15-25-40)41-29-31-45-44(33-41)46-42(47(48-45)35-16-6-1-7-17-35)30-27-34-26-28-38(32-43(34)46)49(36-18-8-2-9-19-36)37-20-10-3-11-21-37/h1-33H. The Balaban J connectivity index is 1.37. The average molecular weight is 673 g/mol. The Bertz CT molecular complexity index is 2620. The molecule has 0 saturated heterocycles. The molecule has 242 valence electrons. The minimum Gasteiger partial charge on any atom is -0.310 e. The summed E-state index contributed by atoms with van der Waals surface area (Å²) in [5.41, 5.74) is 6.05. The summed E-state index contributed by atoms with van der Waals surface area (Å²) in [5, 5.41) is 7.75. The Labute approximate surface area is 297 Å². The molecule has 0 atom stereocenters. The molecule has 0 aliphatic rings. The van der Waals surface area contributed by atoms with Crippen LogP contribution in [-0.2, 0) is 4.57 Å². The summed E-state index contributed by atoms with van der Waals surface area (Å²) < 4.78 is 15.6. The number of rotatable bonds is 7. The number of hydrogen-bond acceptors (Lipinski definition) is 3. The lowest BCUT2D eigenvalue weighted by Gasteiger charge is -2.26. The Morgan fingerprint density at radius 1 is 0.412 bits per heavy atom. The van der Waals surface area contributed by atoms with Crippen molar-refractivity contribution < 1.29 is 4.57 Å². The van der Waals surface area contributed by atoms with Gasteiger partial charge in [0.1, 0.15) is 0 Å². The Morgan fingerprint density at radius 2 is 0.941 bits per heavy atom. The SMILES string of the molecule is O=P(c1ccccc1)(c1ccccc1)c1ccc2nc(-c3ccccc3)c3ccc4ccc(N(c5ccccc5)c5ccccc5)cc4c3c2c1. The molecule has 0 aliphatic heterocycles. The summed E-state index contributed by atoms with van der Waals surface area (Å²) in [6.45, 7) is 0. The molecule has 0 aliphatic carbocycles. The van der Waals surface area contributed by atoms with E-state index in [-0.39, 0.29) is 0 Å². The van der Waals surface area contributed by atoms with Crippen LogP contribution in [0.15, 0.2) is 200 Å². The van der Waals surface area contributed by atoms with Gasteiger partial charge < -0.3 is 9.46 Å². The van der Waals surface area contributed by atoms with Gasteiger partial charge in [0, 0.05) is 54.7 Å². The molecule has 9 rings (SSSR count). The molecule has 9 aromatic rings. The van der Waals surface area contributed by atoms with E-state index in [1.807, 2.05) is 84.9 Å². The Morgan fingerprint density at radius 3 is 1.53 bits per heavy atom. The number of nitrogens with zero attached hydrogens (tertiary/aromatic N) is 2. The van der Waals surface area contributed by atoms with Crippen LogP contribution < -0.4 is 20.8 Å². The van der Waals surface area contributed by atoms with Crippen LogP contribution in [0, 0.1) is 0 Å². The smallest absolute Gasteiger partial charge is 0.171 e. The molecule has 4 heteroatoms. The fraction of sp³-hybridized carbons (Fsp3) is 0. The number of aromatic nitrogens is 1. The summed E-state index contributed by atoms with van der Waals surface area (Å²) in [6.07, 6.45) is 0. The van der Waals surface area contributed by atoms with Crippen molar-refractivity contribution in [3.05, 3.63) is 200 Å². The zero-order valence-corrected chi connectivity index (χ0v) is 28.7. The fourth-order valence-electron chi connectivity index (χ4n) is 7.27. The normalized spacial score (nSPS) is 11.6. The zero-order chi connectivity index (χ0) is 34.2. The van der Waals surface area contributed by atoms with Crippen molar-refractivity contribution in [2.45, 2.75) is 0 Å². The minimum absolute atomic E-state index is 0.784. The van der Waals surface area contributed by atoms with Crippen LogP contribution in [0.5, 0.6) is 0 Å². The molecule has 0 amide bonds. The summed E-state index contributed by atoms with van der Waals surface area (Å²) in [5.74, 6) is 0. The van der Waals surface area contributed by atoms with E-state index in [2.05, 4.69) is 120 Å². The molecular formula is C47H33N2OP. The average Bonchev–Trinajstić information content (AvgIpc) is 3.21. The van der Waals surface area contributed by atoms with Crippen molar-refractivity contribution in [3.63, 3.8) is 0 Å². The van der Waals surface area contributed by atoms with E-state index in [0.29, 0.717) is 0 Å². The highest BCUT2D eigenvalue weighted by molar-refractivity contribution is 7.85. The van der Waals surface area contributed by atoms with E-state index >= 15 is 4.57 Å². The summed E-state index contributed by atoms with van der Waals surface area (Å²) in [4.78, 5) is 7.60. The van der Waals surface area contributed by atoms with Crippen molar-refractivity contribution in [2.24, 2.45) is 0 Å². The second-order valence-electron chi connectivity index (χ2n) is 12.7. The van der Waals surface area contributed by atoms with Gasteiger partial charge >= 0.3 is 0 Å². The highest BCUT2D eigenvalue weighted by Gasteiger charge is 2.30. The lowest BCUT2D eigenvalue weighted by Crippen LogP contribution is -2.25. The van der Waals surface area contributed by atoms with Crippen molar-refractivity contribution in [3.8, 4) is 11.3 Å². The molecular weight excluding hydrogens is 640 g/mol. The van der Waals surface area contributed by atoms with Gasteiger partial charge in [0.05, 0.1) is 11.2 Å². The van der Waals surface area contributed by atoms with Crippen LogP contribution in [0.3, 0.4) is 0 Å². The van der Waals surface area contributed by atoms with Gasteiger partial charge in [0.2, 0.25) is 0 Å². The second kappa shape index (κ2) is 12.9. The van der Waals surface area contributed by atoms with E-state index < -0.39 is 7.14 Å². The molecule has 8 aromatic carbocycles. The third-order valence-electron chi connectivity index (χ3n) is 9.68. The van der Waals surface area contributed by atoms with E-state index in [1.54, 1.807) is 0 Å². The molecule has 0 fully saturated rings. The topological polar surface area (TPSA) is 33.2 Å². The van der Waals surface area contributed by atoms with Crippen LogP contribution >= 0.6 is 7.14 Å². The lowest BCUT2D eigenvalue weighted by molar-refractivity contribution is 0.592. The maximum absolute atomic E-state index is 15.6. The quantitative estimate of drug-likeness (QED) is 0.125. The molecule has 0 N–H and O–H groups in total. The molecule has 3 nitrogen and oxygen atoms in total. The van der Waals surface area contributed by atoms with Gasteiger partial charge in [-0.3, -0.25) is 0 Å². The van der Waals surface area contributed by atoms with Crippen LogP contribution in [0.1, 0.15) is 0 Å². The largest absolute Gasteiger partial charge is 0.310 e. The predicted octanol–water partition coefficient (Wildman–Crippen LogP) is 11.3. The molecule has 51 heavy (non-hydrogen) atoms. The maximum Gasteiger partial charge on any atom is 0.171 e. The van der Waals surface area contributed by atoms with Gasteiger partial charge in [-0.2, -0.15) is 0 Å². The number of fused-ring (bicyclic) bond motifs is 5. The highest BCUT2D eigenvalue weighted by Crippen LogP contribution is 2.45.